The molecule has 0 unspecified atom stereocenters. The molecule has 4 aromatic rings. The van der Waals surface area contributed by atoms with Crippen LogP contribution in [0.2, 0.25) is 0 Å². The van der Waals surface area contributed by atoms with E-state index < -0.39 is 0 Å². The lowest BCUT2D eigenvalue weighted by Crippen LogP contribution is -2.02. The van der Waals surface area contributed by atoms with Gasteiger partial charge in [0.15, 0.2) is 5.65 Å². The van der Waals surface area contributed by atoms with E-state index in [1.165, 1.54) is 0 Å². The molecule has 0 spiro atoms. The molecular formula is C17H15N7. The Morgan fingerprint density at radius 2 is 2.08 bits per heavy atom. The van der Waals surface area contributed by atoms with Crippen molar-refractivity contribution in [1.82, 2.24) is 24.7 Å². The molecule has 7 nitrogen and oxygen atoms in total. The summed E-state index contributed by atoms with van der Waals surface area (Å²) >= 11 is 0. The first-order valence-corrected chi connectivity index (χ1v) is 7.67. The average Bonchev–Trinajstić information content (AvgIpc) is 2.95. The second kappa shape index (κ2) is 6.04. The number of nitrogens with one attached hydrogen (secondary N) is 1. The fourth-order valence-corrected chi connectivity index (χ4v) is 2.69. The van der Waals surface area contributed by atoms with Crippen molar-refractivity contribution in [2.24, 2.45) is 5.10 Å². The Morgan fingerprint density at radius 3 is 2.92 bits per heavy atom. The lowest BCUT2D eigenvalue weighted by atomic mass is 10.2. The van der Waals surface area contributed by atoms with Crippen LogP contribution in [0.1, 0.15) is 12.5 Å². The maximum Gasteiger partial charge on any atom is 0.265 e. The number of aryl methyl sites for hydroxylation is 1. The van der Waals surface area contributed by atoms with Crippen molar-refractivity contribution in [1.29, 1.82) is 0 Å². The van der Waals surface area contributed by atoms with E-state index >= 15 is 0 Å². The van der Waals surface area contributed by atoms with E-state index in [0.29, 0.717) is 5.95 Å². The predicted octanol–water partition coefficient (Wildman–Crippen LogP) is 2.84. The van der Waals surface area contributed by atoms with Gasteiger partial charge in [-0.1, -0.05) is 24.3 Å². The van der Waals surface area contributed by atoms with Crippen LogP contribution in [0.5, 0.6) is 0 Å². The number of para-hydroxylation sites is 1. The minimum atomic E-state index is 0.361. The number of hydrogen-bond donors (Lipinski definition) is 1. The number of hydrogen-bond acceptors (Lipinski definition) is 6. The molecule has 0 bridgehead atoms. The van der Waals surface area contributed by atoms with Crippen molar-refractivity contribution in [2.45, 2.75) is 13.5 Å². The van der Waals surface area contributed by atoms with E-state index in [0.717, 1.165) is 34.2 Å². The maximum absolute atomic E-state index is 4.56. The van der Waals surface area contributed by atoms with E-state index in [-0.39, 0.29) is 0 Å². The molecule has 0 atom stereocenters. The molecule has 1 N–H and O–H groups in total. The van der Waals surface area contributed by atoms with Crippen LogP contribution in [-0.2, 0) is 6.54 Å². The highest BCUT2D eigenvalue weighted by Crippen LogP contribution is 2.25. The highest BCUT2D eigenvalue weighted by molar-refractivity contribution is 6.04. The van der Waals surface area contributed by atoms with Gasteiger partial charge in [0.05, 0.1) is 11.7 Å². The van der Waals surface area contributed by atoms with E-state index in [4.69, 9.17) is 0 Å². The molecule has 0 aliphatic rings. The van der Waals surface area contributed by atoms with Crippen LogP contribution in [0.3, 0.4) is 0 Å². The Labute approximate surface area is 138 Å². The van der Waals surface area contributed by atoms with Crippen molar-refractivity contribution in [2.75, 3.05) is 5.43 Å². The molecule has 4 rings (SSSR count). The van der Waals surface area contributed by atoms with Gasteiger partial charge in [0, 0.05) is 29.9 Å². The Balaban J connectivity index is 1.70. The smallest absolute Gasteiger partial charge is 0.265 e. The zero-order chi connectivity index (χ0) is 16.4. The summed E-state index contributed by atoms with van der Waals surface area (Å²) < 4.78 is 2.12. The fourth-order valence-electron chi connectivity index (χ4n) is 2.69. The maximum atomic E-state index is 4.56. The number of pyridine rings is 1. The van der Waals surface area contributed by atoms with E-state index in [2.05, 4.69) is 48.2 Å². The number of aromatic nitrogens is 5. The molecule has 3 heterocycles. The summed E-state index contributed by atoms with van der Waals surface area (Å²) in [5.74, 6) is 0.361. The standard InChI is InChI=1S/C17H15N7/c1-2-24-14-8-4-3-7-13(14)15-16(24)20-17(23-21-15)22-19-11-12-6-5-9-18-10-12/h3-11H,2H2,1H3,(H,20,22,23)/b19-11+. The zero-order valence-corrected chi connectivity index (χ0v) is 13.1. The highest BCUT2D eigenvalue weighted by Gasteiger charge is 2.13. The molecule has 0 saturated heterocycles. The van der Waals surface area contributed by atoms with Crippen LogP contribution in [0, 0.1) is 0 Å². The Morgan fingerprint density at radius 1 is 1.17 bits per heavy atom. The molecular weight excluding hydrogens is 302 g/mol. The number of benzene rings is 1. The zero-order valence-electron chi connectivity index (χ0n) is 13.1. The Hall–Kier alpha value is -3.35. The summed E-state index contributed by atoms with van der Waals surface area (Å²) in [4.78, 5) is 8.60. The van der Waals surface area contributed by atoms with Gasteiger partial charge in [-0.25, -0.2) is 5.43 Å². The van der Waals surface area contributed by atoms with Gasteiger partial charge in [0.2, 0.25) is 0 Å². The molecule has 7 heteroatoms. The van der Waals surface area contributed by atoms with Gasteiger partial charge in [-0.2, -0.15) is 10.1 Å². The number of nitrogens with zero attached hydrogens (tertiary/aromatic N) is 6. The average molecular weight is 317 g/mol. The van der Waals surface area contributed by atoms with Crippen molar-refractivity contribution >= 4 is 34.2 Å². The highest BCUT2D eigenvalue weighted by atomic mass is 15.4. The second-order valence-corrected chi connectivity index (χ2v) is 5.23. The summed E-state index contributed by atoms with van der Waals surface area (Å²) in [6.45, 7) is 2.89. The number of hydrazone groups is 1. The van der Waals surface area contributed by atoms with Crippen LogP contribution in [0.25, 0.3) is 22.1 Å². The van der Waals surface area contributed by atoms with Crippen molar-refractivity contribution in [3.8, 4) is 0 Å². The molecule has 0 aliphatic heterocycles. The molecule has 0 amide bonds. The van der Waals surface area contributed by atoms with Gasteiger partial charge in [-0.05, 0) is 19.1 Å². The molecule has 0 radical (unpaired) electrons. The minimum Gasteiger partial charge on any atom is -0.324 e. The summed E-state index contributed by atoms with van der Waals surface area (Å²) in [7, 11) is 0. The molecule has 0 fully saturated rings. The first kappa shape index (κ1) is 14.3. The molecule has 0 saturated carbocycles. The van der Waals surface area contributed by atoms with Gasteiger partial charge in [-0.15, -0.1) is 10.2 Å². The van der Waals surface area contributed by atoms with Crippen LogP contribution < -0.4 is 5.43 Å². The quantitative estimate of drug-likeness (QED) is 0.462. The van der Waals surface area contributed by atoms with Crippen molar-refractivity contribution in [3.63, 3.8) is 0 Å². The van der Waals surface area contributed by atoms with E-state index in [9.17, 15) is 0 Å². The van der Waals surface area contributed by atoms with E-state index in [1.54, 1.807) is 18.6 Å². The topological polar surface area (TPSA) is 80.9 Å². The molecule has 0 aliphatic carbocycles. The fraction of sp³-hybridized carbons (Fsp3) is 0.118. The molecule has 3 aromatic heterocycles. The lowest BCUT2D eigenvalue weighted by molar-refractivity contribution is 0.811. The SMILES string of the molecule is CCn1c2ccccc2c2nnc(N/N=C/c3cccnc3)nc21. The lowest BCUT2D eigenvalue weighted by Gasteiger charge is -2.02. The molecule has 118 valence electrons. The van der Waals surface area contributed by atoms with Crippen LogP contribution in [0.4, 0.5) is 5.95 Å². The van der Waals surface area contributed by atoms with E-state index in [1.807, 2.05) is 30.3 Å². The van der Waals surface area contributed by atoms with Crippen molar-refractivity contribution in [3.05, 3.63) is 54.4 Å². The Kier molecular flexibility index (Phi) is 3.59. The van der Waals surface area contributed by atoms with Gasteiger partial charge in [0.25, 0.3) is 5.95 Å². The summed E-state index contributed by atoms with van der Waals surface area (Å²) in [5, 5.41) is 13.6. The normalized spacial score (nSPS) is 11.5. The number of rotatable bonds is 4. The molecule has 24 heavy (non-hydrogen) atoms. The first-order chi connectivity index (χ1) is 11.9. The van der Waals surface area contributed by atoms with Crippen LogP contribution >= 0.6 is 0 Å². The third kappa shape index (κ3) is 2.45. The predicted molar refractivity (Wildman–Crippen MR) is 94.0 cm³/mol. The van der Waals surface area contributed by atoms with Crippen LogP contribution in [-0.4, -0.2) is 30.9 Å². The largest absolute Gasteiger partial charge is 0.324 e. The van der Waals surface area contributed by atoms with Gasteiger partial charge in [0.1, 0.15) is 5.52 Å². The van der Waals surface area contributed by atoms with Crippen LogP contribution in [0.15, 0.2) is 53.9 Å². The van der Waals surface area contributed by atoms with Gasteiger partial charge < -0.3 is 4.57 Å². The third-order valence-electron chi connectivity index (χ3n) is 3.75. The second-order valence-electron chi connectivity index (χ2n) is 5.23. The molecule has 1 aromatic carbocycles. The summed E-state index contributed by atoms with van der Waals surface area (Å²) in [6.07, 6.45) is 5.10. The van der Waals surface area contributed by atoms with Crippen molar-refractivity contribution < 1.29 is 0 Å². The third-order valence-corrected chi connectivity index (χ3v) is 3.75. The van der Waals surface area contributed by atoms with Gasteiger partial charge >= 0.3 is 0 Å². The first-order valence-electron chi connectivity index (χ1n) is 7.67. The Bertz CT molecular complexity index is 1020. The number of anilines is 1. The number of fused-ring (bicyclic) bond motifs is 3. The minimum absolute atomic E-state index is 0.361. The monoisotopic (exact) mass is 317 g/mol. The summed E-state index contributed by atoms with van der Waals surface area (Å²) in [5.41, 5.74) is 6.42. The summed E-state index contributed by atoms with van der Waals surface area (Å²) in [6, 6.07) is 11.9. The van der Waals surface area contributed by atoms with Gasteiger partial charge in [-0.3, -0.25) is 4.98 Å².